The Labute approximate surface area is 114 Å². The van der Waals surface area contributed by atoms with E-state index in [4.69, 9.17) is 0 Å². The Morgan fingerprint density at radius 2 is 2.21 bits per heavy atom. The quantitative estimate of drug-likeness (QED) is 0.831. The molecule has 1 saturated heterocycles. The standard InChI is InChI=1S/C15H22N2O2/c1-11-6-13(5-4-12(11)10-18)17-9-15(19)7-14(17)8-16(2)3/h4-6,10,14-15,19H,7-9H2,1-3H3. The summed E-state index contributed by atoms with van der Waals surface area (Å²) in [6.07, 6.45) is 1.41. The number of aldehydes is 1. The SMILES string of the molecule is Cc1cc(N2CC(O)CC2CN(C)C)ccc1C=O. The molecule has 0 aromatic heterocycles. The number of benzene rings is 1. The number of nitrogens with zero attached hydrogens (tertiary/aromatic N) is 2. The first-order valence-corrected chi connectivity index (χ1v) is 6.66. The number of carbonyl (C=O) groups is 1. The van der Waals surface area contributed by atoms with E-state index in [0.29, 0.717) is 12.6 Å². The second-order valence-electron chi connectivity index (χ2n) is 5.62. The van der Waals surface area contributed by atoms with Gasteiger partial charge in [-0.1, -0.05) is 0 Å². The largest absolute Gasteiger partial charge is 0.391 e. The third-order valence-corrected chi connectivity index (χ3v) is 3.68. The Morgan fingerprint density at radius 1 is 1.47 bits per heavy atom. The molecular weight excluding hydrogens is 240 g/mol. The number of rotatable bonds is 4. The van der Waals surface area contributed by atoms with Crippen LogP contribution in [0.1, 0.15) is 22.3 Å². The molecule has 1 N–H and O–H groups in total. The lowest BCUT2D eigenvalue weighted by Gasteiger charge is -2.29. The van der Waals surface area contributed by atoms with Crippen molar-refractivity contribution in [1.29, 1.82) is 0 Å². The molecule has 0 bridgehead atoms. The first-order valence-electron chi connectivity index (χ1n) is 6.66. The Hall–Kier alpha value is -1.39. The van der Waals surface area contributed by atoms with Crippen LogP contribution in [-0.4, -0.2) is 55.6 Å². The fraction of sp³-hybridized carbons (Fsp3) is 0.533. The maximum absolute atomic E-state index is 10.9. The third kappa shape index (κ3) is 3.14. The van der Waals surface area contributed by atoms with Crippen molar-refractivity contribution in [2.24, 2.45) is 0 Å². The van der Waals surface area contributed by atoms with Gasteiger partial charge in [-0.3, -0.25) is 4.79 Å². The molecule has 0 saturated carbocycles. The van der Waals surface area contributed by atoms with Crippen molar-refractivity contribution in [2.45, 2.75) is 25.5 Å². The molecule has 104 valence electrons. The van der Waals surface area contributed by atoms with Crippen LogP contribution < -0.4 is 4.90 Å². The molecule has 2 atom stereocenters. The number of aliphatic hydroxyl groups excluding tert-OH is 1. The Bertz CT molecular complexity index is 459. The van der Waals surface area contributed by atoms with E-state index in [1.165, 1.54) is 0 Å². The lowest BCUT2D eigenvalue weighted by molar-refractivity contribution is 0.112. The summed E-state index contributed by atoms with van der Waals surface area (Å²) in [6, 6.07) is 6.18. The van der Waals surface area contributed by atoms with Gasteiger partial charge in [0.1, 0.15) is 6.29 Å². The highest BCUT2D eigenvalue weighted by molar-refractivity contribution is 5.78. The van der Waals surface area contributed by atoms with Crippen LogP contribution >= 0.6 is 0 Å². The molecule has 4 nitrogen and oxygen atoms in total. The summed E-state index contributed by atoms with van der Waals surface area (Å²) in [7, 11) is 4.09. The van der Waals surface area contributed by atoms with Gasteiger partial charge in [0.05, 0.1) is 6.10 Å². The average molecular weight is 262 g/mol. The van der Waals surface area contributed by atoms with Crippen LogP contribution in [-0.2, 0) is 0 Å². The number of hydrogen-bond acceptors (Lipinski definition) is 4. The molecule has 0 radical (unpaired) electrons. The minimum atomic E-state index is -0.268. The van der Waals surface area contributed by atoms with Crippen molar-refractivity contribution in [1.82, 2.24) is 4.90 Å². The average Bonchev–Trinajstić information content (AvgIpc) is 2.69. The van der Waals surface area contributed by atoms with Gasteiger partial charge in [0.2, 0.25) is 0 Å². The van der Waals surface area contributed by atoms with E-state index in [1.807, 2.05) is 39.2 Å². The van der Waals surface area contributed by atoms with Crippen LogP contribution in [0.3, 0.4) is 0 Å². The normalized spacial score (nSPS) is 23.1. The van der Waals surface area contributed by atoms with Crippen LogP contribution in [0.15, 0.2) is 18.2 Å². The Morgan fingerprint density at radius 3 is 2.79 bits per heavy atom. The lowest BCUT2D eigenvalue weighted by Crippen LogP contribution is -2.37. The van der Waals surface area contributed by atoms with E-state index >= 15 is 0 Å². The van der Waals surface area contributed by atoms with Crippen molar-refractivity contribution in [2.75, 3.05) is 32.1 Å². The number of carbonyl (C=O) groups excluding carboxylic acids is 1. The molecule has 2 rings (SSSR count). The van der Waals surface area contributed by atoms with Crippen LogP contribution in [0.2, 0.25) is 0 Å². The van der Waals surface area contributed by atoms with Gasteiger partial charge >= 0.3 is 0 Å². The van der Waals surface area contributed by atoms with Gasteiger partial charge in [-0.25, -0.2) is 0 Å². The molecular formula is C15H22N2O2. The van der Waals surface area contributed by atoms with E-state index in [0.717, 1.165) is 36.1 Å². The van der Waals surface area contributed by atoms with E-state index in [9.17, 15) is 9.90 Å². The summed E-state index contributed by atoms with van der Waals surface area (Å²) in [6.45, 7) is 3.53. The fourth-order valence-corrected chi connectivity index (χ4v) is 2.77. The molecule has 0 aliphatic carbocycles. The highest BCUT2D eigenvalue weighted by Gasteiger charge is 2.31. The monoisotopic (exact) mass is 262 g/mol. The predicted molar refractivity (Wildman–Crippen MR) is 76.9 cm³/mol. The number of aliphatic hydroxyl groups is 1. The molecule has 1 aromatic rings. The number of hydrogen-bond donors (Lipinski definition) is 1. The number of β-amino-alcohol motifs (C(OH)–C–C–N with tert-alkyl or cyclic N) is 1. The minimum absolute atomic E-state index is 0.268. The van der Waals surface area contributed by atoms with Crippen molar-refractivity contribution in [3.05, 3.63) is 29.3 Å². The van der Waals surface area contributed by atoms with Crippen molar-refractivity contribution in [3.63, 3.8) is 0 Å². The molecule has 1 aliphatic heterocycles. The van der Waals surface area contributed by atoms with Crippen LogP contribution in [0.25, 0.3) is 0 Å². The molecule has 1 heterocycles. The number of aryl methyl sites for hydroxylation is 1. The first-order chi connectivity index (χ1) is 9.01. The van der Waals surface area contributed by atoms with Crippen molar-refractivity contribution < 1.29 is 9.90 Å². The minimum Gasteiger partial charge on any atom is -0.391 e. The zero-order valence-electron chi connectivity index (χ0n) is 11.8. The fourth-order valence-electron chi connectivity index (χ4n) is 2.77. The summed E-state index contributed by atoms with van der Waals surface area (Å²) in [5, 5.41) is 9.90. The molecule has 4 heteroatoms. The summed E-state index contributed by atoms with van der Waals surface area (Å²) in [5.41, 5.74) is 2.80. The predicted octanol–water partition coefficient (Wildman–Crippen LogP) is 1.31. The second-order valence-corrected chi connectivity index (χ2v) is 5.62. The zero-order valence-corrected chi connectivity index (χ0v) is 11.8. The van der Waals surface area contributed by atoms with Crippen molar-refractivity contribution >= 4 is 12.0 Å². The smallest absolute Gasteiger partial charge is 0.150 e. The van der Waals surface area contributed by atoms with Gasteiger partial charge in [0.25, 0.3) is 0 Å². The Balaban J connectivity index is 2.23. The van der Waals surface area contributed by atoms with Gasteiger partial charge in [-0.15, -0.1) is 0 Å². The highest BCUT2D eigenvalue weighted by atomic mass is 16.3. The van der Waals surface area contributed by atoms with E-state index in [-0.39, 0.29) is 6.10 Å². The summed E-state index contributed by atoms with van der Waals surface area (Å²) < 4.78 is 0. The third-order valence-electron chi connectivity index (χ3n) is 3.68. The second kappa shape index (κ2) is 5.72. The van der Waals surface area contributed by atoms with E-state index in [1.54, 1.807) is 0 Å². The number of likely N-dealkylation sites (N-methyl/N-ethyl adjacent to an activating group) is 1. The van der Waals surface area contributed by atoms with E-state index < -0.39 is 0 Å². The zero-order chi connectivity index (χ0) is 14.0. The van der Waals surface area contributed by atoms with Gasteiger partial charge in [0, 0.05) is 30.4 Å². The molecule has 0 amide bonds. The van der Waals surface area contributed by atoms with Gasteiger partial charge in [-0.2, -0.15) is 0 Å². The van der Waals surface area contributed by atoms with Gasteiger partial charge in [0.15, 0.2) is 0 Å². The molecule has 1 aliphatic rings. The van der Waals surface area contributed by atoms with Crippen molar-refractivity contribution in [3.8, 4) is 0 Å². The maximum atomic E-state index is 10.9. The summed E-state index contributed by atoms with van der Waals surface area (Å²) in [4.78, 5) is 15.2. The lowest BCUT2D eigenvalue weighted by atomic mass is 10.1. The van der Waals surface area contributed by atoms with Crippen LogP contribution in [0.4, 0.5) is 5.69 Å². The topological polar surface area (TPSA) is 43.8 Å². The number of anilines is 1. The van der Waals surface area contributed by atoms with E-state index in [2.05, 4.69) is 9.80 Å². The molecule has 2 unspecified atom stereocenters. The summed E-state index contributed by atoms with van der Waals surface area (Å²) >= 11 is 0. The first kappa shape index (κ1) is 14.0. The molecule has 1 aromatic carbocycles. The summed E-state index contributed by atoms with van der Waals surface area (Å²) in [5.74, 6) is 0. The van der Waals surface area contributed by atoms with Crippen LogP contribution in [0.5, 0.6) is 0 Å². The van der Waals surface area contributed by atoms with Gasteiger partial charge < -0.3 is 14.9 Å². The van der Waals surface area contributed by atoms with Gasteiger partial charge in [-0.05, 0) is 51.2 Å². The Kier molecular flexibility index (Phi) is 4.22. The molecule has 1 fully saturated rings. The highest BCUT2D eigenvalue weighted by Crippen LogP contribution is 2.27. The maximum Gasteiger partial charge on any atom is 0.150 e. The molecule has 19 heavy (non-hydrogen) atoms. The van der Waals surface area contributed by atoms with Crippen LogP contribution in [0, 0.1) is 6.92 Å². The molecule has 0 spiro atoms.